The van der Waals surface area contributed by atoms with Crippen molar-refractivity contribution in [3.05, 3.63) is 11.4 Å². The van der Waals surface area contributed by atoms with E-state index in [0.717, 1.165) is 25.7 Å². The van der Waals surface area contributed by atoms with Crippen LogP contribution in [0.25, 0.3) is 0 Å². The van der Waals surface area contributed by atoms with Gasteiger partial charge in [0.2, 0.25) is 10.0 Å². The Labute approximate surface area is 114 Å². The van der Waals surface area contributed by atoms with Crippen LogP contribution in [0.2, 0.25) is 0 Å². The highest BCUT2D eigenvalue weighted by atomic mass is 32.2. The topological polar surface area (TPSA) is 78.1 Å². The summed E-state index contributed by atoms with van der Waals surface area (Å²) in [4.78, 5) is 0.351. The molecule has 2 rings (SSSR count). The van der Waals surface area contributed by atoms with Gasteiger partial charge in [0, 0.05) is 19.6 Å². The summed E-state index contributed by atoms with van der Waals surface area (Å²) >= 11 is 0. The minimum absolute atomic E-state index is 0.351. The van der Waals surface area contributed by atoms with E-state index in [1.807, 2.05) is 0 Å². The summed E-state index contributed by atoms with van der Waals surface area (Å²) in [6.45, 7) is 3.45. The molecule has 1 aromatic heterocycles. The summed E-state index contributed by atoms with van der Waals surface area (Å²) in [5.41, 5.74) is 1.19. The van der Waals surface area contributed by atoms with Crippen LogP contribution in [0, 0.1) is 6.92 Å². The number of nitrogens with zero attached hydrogens (tertiary/aromatic N) is 2. The van der Waals surface area contributed by atoms with Crippen LogP contribution in [-0.4, -0.2) is 43.1 Å². The highest BCUT2D eigenvalue weighted by Gasteiger charge is 2.30. The van der Waals surface area contributed by atoms with Crippen LogP contribution < -0.4 is 5.32 Å². The van der Waals surface area contributed by atoms with Gasteiger partial charge in [0.15, 0.2) is 0 Å². The van der Waals surface area contributed by atoms with E-state index < -0.39 is 10.0 Å². The van der Waals surface area contributed by atoms with Crippen LogP contribution in [0.4, 0.5) is 0 Å². The van der Waals surface area contributed by atoms with E-state index in [4.69, 9.17) is 0 Å². The van der Waals surface area contributed by atoms with Crippen LogP contribution >= 0.6 is 0 Å². The lowest BCUT2D eigenvalue weighted by Gasteiger charge is -2.20. The fraction of sp³-hybridized carbons (Fsp3) is 0.750. The van der Waals surface area contributed by atoms with E-state index in [9.17, 15) is 8.42 Å². The maximum Gasteiger partial charge on any atom is 0.246 e. The molecule has 1 saturated heterocycles. The Bertz CT molecular complexity index is 516. The first-order chi connectivity index (χ1) is 9.07. The van der Waals surface area contributed by atoms with Crippen molar-refractivity contribution >= 4 is 10.0 Å². The van der Waals surface area contributed by atoms with E-state index in [2.05, 4.69) is 15.5 Å². The Balaban J connectivity index is 2.35. The summed E-state index contributed by atoms with van der Waals surface area (Å²) in [5.74, 6) is 0. The number of H-pyrrole nitrogens is 1. The lowest BCUT2D eigenvalue weighted by Crippen LogP contribution is -2.33. The summed E-state index contributed by atoms with van der Waals surface area (Å²) in [7, 11) is -1.64. The normalized spacial score (nSPS) is 18.4. The molecule has 0 spiro atoms. The monoisotopic (exact) mass is 286 g/mol. The molecule has 2 heterocycles. The SMILES string of the molecule is CNCc1n[nH]c(C)c1S(=O)(=O)N1CCCCCC1. The zero-order valence-electron chi connectivity index (χ0n) is 11.6. The first-order valence-corrected chi connectivity index (χ1v) is 8.20. The number of aryl methyl sites for hydroxylation is 1. The Morgan fingerprint density at radius 2 is 1.89 bits per heavy atom. The Morgan fingerprint density at radius 3 is 2.47 bits per heavy atom. The minimum atomic E-state index is -3.43. The predicted octanol–water partition coefficient (Wildman–Crippen LogP) is 1.00. The third-order valence-electron chi connectivity index (χ3n) is 3.47. The van der Waals surface area contributed by atoms with Crippen molar-refractivity contribution in [1.29, 1.82) is 0 Å². The molecule has 0 radical (unpaired) electrons. The van der Waals surface area contributed by atoms with Gasteiger partial charge in [-0.05, 0) is 26.8 Å². The fourth-order valence-electron chi connectivity index (χ4n) is 2.51. The van der Waals surface area contributed by atoms with Crippen LogP contribution in [-0.2, 0) is 16.6 Å². The molecule has 19 heavy (non-hydrogen) atoms. The first-order valence-electron chi connectivity index (χ1n) is 6.76. The first kappa shape index (κ1) is 14.5. The molecule has 0 bridgehead atoms. The molecule has 0 unspecified atom stereocenters. The quantitative estimate of drug-likeness (QED) is 0.865. The van der Waals surface area contributed by atoms with Crippen LogP contribution in [0.1, 0.15) is 37.1 Å². The lowest BCUT2D eigenvalue weighted by molar-refractivity contribution is 0.422. The third-order valence-corrected chi connectivity index (χ3v) is 5.57. The molecule has 1 aromatic rings. The van der Waals surface area contributed by atoms with Gasteiger partial charge in [0.25, 0.3) is 0 Å². The third kappa shape index (κ3) is 2.98. The number of hydrogen-bond acceptors (Lipinski definition) is 4. The maximum absolute atomic E-state index is 12.8. The van der Waals surface area contributed by atoms with Gasteiger partial charge >= 0.3 is 0 Å². The number of aromatic amines is 1. The summed E-state index contributed by atoms with van der Waals surface area (Å²) in [5, 5.41) is 9.84. The molecular weight excluding hydrogens is 264 g/mol. The van der Waals surface area contributed by atoms with Gasteiger partial charge in [0.1, 0.15) is 4.90 Å². The van der Waals surface area contributed by atoms with Gasteiger partial charge < -0.3 is 5.32 Å². The summed E-state index contributed by atoms with van der Waals surface area (Å²) in [6.07, 6.45) is 4.11. The zero-order chi connectivity index (χ0) is 13.9. The number of aromatic nitrogens is 2. The second-order valence-electron chi connectivity index (χ2n) is 4.97. The van der Waals surface area contributed by atoms with Gasteiger partial charge in [-0.1, -0.05) is 12.8 Å². The van der Waals surface area contributed by atoms with Gasteiger partial charge in [-0.3, -0.25) is 5.10 Å². The number of hydrogen-bond donors (Lipinski definition) is 2. The summed E-state index contributed by atoms with van der Waals surface area (Å²) in [6, 6.07) is 0. The standard InChI is InChI=1S/C12H22N4O2S/c1-10-12(11(9-13-2)15-14-10)19(17,18)16-7-5-3-4-6-8-16/h13H,3-9H2,1-2H3,(H,14,15). The maximum atomic E-state index is 12.8. The van der Waals surface area contributed by atoms with Crippen molar-refractivity contribution in [2.24, 2.45) is 0 Å². The molecule has 1 fully saturated rings. The molecule has 6 nitrogen and oxygen atoms in total. The van der Waals surface area contributed by atoms with Crippen LogP contribution in [0.5, 0.6) is 0 Å². The molecule has 0 saturated carbocycles. The molecule has 2 N–H and O–H groups in total. The second kappa shape index (κ2) is 6.02. The van der Waals surface area contributed by atoms with E-state index >= 15 is 0 Å². The van der Waals surface area contributed by atoms with Crippen LogP contribution in [0.3, 0.4) is 0 Å². The van der Waals surface area contributed by atoms with Crippen molar-refractivity contribution < 1.29 is 8.42 Å². The Kier molecular flexibility index (Phi) is 4.59. The highest BCUT2D eigenvalue weighted by Crippen LogP contribution is 2.24. The largest absolute Gasteiger partial charge is 0.314 e. The van der Waals surface area contributed by atoms with E-state index in [1.54, 1.807) is 18.3 Å². The average Bonchev–Trinajstić information content (AvgIpc) is 2.60. The fourth-order valence-corrected chi connectivity index (χ4v) is 4.36. The number of nitrogens with one attached hydrogen (secondary N) is 2. The molecule has 7 heteroatoms. The van der Waals surface area contributed by atoms with Crippen molar-refractivity contribution in [3.8, 4) is 0 Å². The minimum Gasteiger partial charge on any atom is -0.314 e. The summed E-state index contributed by atoms with van der Waals surface area (Å²) < 4.78 is 27.1. The Hall–Kier alpha value is -0.920. The van der Waals surface area contributed by atoms with Gasteiger partial charge in [-0.25, -0.2) is 8.42 Å². The van der Waals surface area contributed by atoms with Crippen LogP contribution in [0.15, 0.2) is 4.90 Å². The second-order valence-corrected chi connectivity index (χ2v) is 6.85. The smallest absolute Gasteiger partial charge is 0.246 e. The van der Waals surface area contributed by atoms with Gasteiger partial charge in [-0.15, -0.1) is 0 Å². The average molecular weight is 286 g/mol. The molecule has 0 aliphatic carbocycles. The van der Waals surface area contributed by atoms with Crippen molar-refractivity contribution in [1.82, 2.24) is 19.8 Å². The molecule has 1 aliphatic heterocycles. The molecule has 1 aliphatic rings. The van der Waals surface area contributed by atoms with Gasteiger partial charge in [0.05, 0.1) is 11.4 Å². The molecule has 0 atom stereocenters. The van der Waals surface area contributed by atoms with Crippen molar-refractivity contribution in [3.63, 3.8) is 0 Å². The lowest BCUT2D eigenvalue weighted by atomic mass is 10.2. The number of rotatable bonds is 4. The van der Waals surface area contributed by atoms with E-state index in [1.165, 1.54) is 0 Å². The molecule has 108 valence electrons. The van der Waals surface area contributed by atoms with Crippen molar-refractivity contribution in [2.45, 2.75) is 44.0 Å². The molecule has 0 aromatic carbocycles. The molecular formula is C12H22N4O2S. The highest BCUT2D eigenvalue weighted by molar-refractivity contribution is 7.89. The number of sulfonamides is 1. The van der Waals surface area contributed by atoms with E-state index in [0.29, 0.717) is 35.9 Å². The van der Waals surface area contributed by atoms with Gasteiger partial charge in [-0.2, -0.15) is 9.40 Å². The predicted molar refractivity (Wildman–Crippen MR) is 73.3 cm³/mol. The van der Waals surface area contributed by atoms with Crippen molar-refractivity contribution in [2.75, 3.05) is 20.1 Å². The van der Waals surface area contributed by atoms with E-state index in [-0.39, 0.29) is 0 Å². The Morgan fingerprint density at radius 1 is 1.26 bits per heavy atom. The zero-order valence-corrected chi connectivity index (χ0v) is 12.4. The molecule has 0 amide bonds.